The highest BCUT2D eigenvalue weighted by Crippen LogP contribution is 2.43. The second-order valence-corrected chi connectivity index (χ2v) is 13.8. The van der Waals surface area contributed by atoms with Crippen LogP contribution in [0.1, 0.15) is 131 Å². The third kappa shape index (κ3) is 6.36. The Labute approximate surface area is 209 Å². The Morgan fingerprint density at radius 3 is 1.85 bits per heavy atom. The molecule has 1 aliphatic heterocycles. The first-order valence-electron chi connectivity index (χ1n) is 13.1. The van der Waals surface area contributed by atoms with Crippen molar-refractivity contribution >= 4 is 5.97 Å². The minimum Gasteiger partial charge on any atom is -0.507 e. The molecule has 1 saturated heterocycles. The number of unbranched alkanes of at least 4 members (excludes halogenated alkanes) is 1. The monoisotopic (exact) mass is 473 g/mol. The van der Waals surface area contributed by atoms with E-state index in [4.69, 9.17) is 4.74 Å². The fourth-order valence-corrected chi connectivity index (χ4v) is 5.44. The van der Waals surface area contributed by atoms with Crippen molar-refractivity contribution < 1.29 is 14.6 Å². The van der Waals surface area contributed by atoms with Gasteiger partial charge in [0.1, 0.15) is 11.9 Å². The molecule has 1 unspecified atom stereocenters. The predicted octanol–water partition coefficient (Wildman–Crippen LogP) is 7.46. The topological polar surface area (TPSA) is 49.8 Å². The van der Waals surface area contributed by atoms with Crippen LogP contribution in [0, 0.1) is 0 Å². The van der Waals surface area contributed by atoms with Crippen molar-refractivity contribution in [2.24, 2.45) is 0 Å². The first-order chi connectivity index (χ1) is 15.3. The average Bonchev–Trinajstić information content (AvgIpc) is 2.64. The average molecular weight is 474 g/mol. The number of rotatable bonds is 6. The molecular formula is C30H51NO3. The molecule has 34 heavy (non-hydrogen) atoms. The van der Waals surface area contributed by atoms with Crippen LogP contribution in [0.2, 0.25) is 0 Å². The van der Waals surface area contributed by atoms with E-state index in [1.807, 2.05) is 0 Å². The van der Waals surface area contributed by atoms with Gasteiger partial charge in [-0.1, -0.05) is 73.4 Å². The third-order valence-corrected chi connectivity index (χ3v) is 7.83. The van der Waals surface area contributed by atoms with Gasteiger partial charge in [0.15, 0.2) is 0 Å². The molecule has 0 amide bonds. The molecule has 0 saturated carbocycles. The Hall–Kier alpha value is -1.55. The van der Waals surface area contributed by atoms with Crippen LogP contribution in [0.25, 0.3) is 0 Å². The van der Waals surface area contributed by atoms with Crippen LogP contribution in [0.15, 0.2) is 12.1 Å². The molecule has 194 valence electrons. The van der Waals surface area contributed by atoms with Crippen LogP contribution < -0.4 is 0 Å². The van der Waals surface area contributed by atoms with Gasteiger partial charge in [0.2, 0.25) is 0 Å². The molecule has 2 rings (SSSR count). The van der Waals surface area contributed by atoms with E-state index in [2.05, 4.69) is 100 Å². The number of carbonyl (C=O) groups excluding carboxylic acids is 1. The SMILES string of the molecule is CCCCC(C(=O)OC1CC(C)(C)N(C)C(C)(C)C1)c1cc(C(C)(C)C)c(O)c(C(C)(C)C)c1. The van der Waals surface area contributed by atoms with Gasteiger partial charge in [-0.2, -0.15) is 0 Å². The van der Waals surface area contributed by atoms with Gasteiger partial charge in [-0.3, -0.25) is 9.69 Å². The summed E-state index contributed by atoms with van der Waals surface area (Å²) >= 11 is 0. The van der Waals surface area contributed by atoms with Gasteiger partial charge in [-0.15, -0.1) is 0 Å². The molecule has 1 aromatic carbocycles. The number of phenolic OH excluding ortho intramolecular Hbond substituents is 1. The normalized spacial score (nSPS) is 20.2. The van der Waals surface area contributed by atoms with E-state index in [1.54, 1.807) is 0 Å². The zero-order chi connectivity index (χ0) is 26.3. The molecule has 0 bridgehead atoms. The lowest BCUT2D eigenvalue weighted by Crippen LogP contribution is -2.60. The molecule has 1 aromatic rings. The molecule has 1 N–H and O–H groups in total. The van der Waals surface area contributed by atoms with Crippen LogP contribution in [-0.2, 0) is 20.4 Å². The van der Waals surface area contributed by atoms with Gasteiger partial charge >= 0.3 is 5.97 Å². The van der Waals surface area contributed by atoms with E-state index >= 15 is 0 Å². The lowest BCUT2D eigenvalue weighted by Gasteiger charge is -2.53. The van der Waals surface area contributed by atoms with Crippen LogP contribution in [-0.4, -0.2) is 40.2 Å². The summed E-state index contributed by atoms with van der Waals surface area (Å²) in [5, 5.41) is 11.2. The minimum atomic E-state index is -0.325. The summed E-state index contributed by atoms with van der Waals surface area (Å²) in [7, 11) is 2.17. The van der Waals surface area contributed by atoms with Crippen molar-refractivity contribution in [1.29, 1.82) is 0 Å². The van der Waals surface area contributed by atoms with Crippen LogP contribution in [0.5, 0.6) is 5.75 Å². The molecule has 0 spiro atoms. The van der Waals surface area contributed by atoms with Crippen LogP contribution >= 0.6 is 0 Å². The fourth-order valence-electron chi connectivity index (χ4n) is 5.44. The van der Waals surface area contributed by atoms with Crippen molar-refractivity contribution in [2.45, 2.75) is 142 Å². The van der Waals surface area contributed by atoms with E-state index in [9.17, 15) is 9.90 Å². The van der Waals surface area contributed by atoms with Gasteiger partial charge in [-0.05, 0) is 68.7 Å². The second-order valence-electron chi connectivity index (χ2n) is 13.8. The molecule has 0 aliphatic carbocycles. The zero-order valence-electron chi connectivity index (χ0n) is 24.1. The number of carbonyl (C=O) groups is 1. The summed E-state index contributed by atoms with van der Waals surface area (Å²) in [6.07, 6.45) is 4.30. The molecule has 1 atom stereocenters. The summed E-state index contributed by atoms with van der Waals surface area (Å²) in [4.78, 5) is 16.1. The number of nitrogens with zero attached hydrogens (tertiary/aromatic N) is 1. The van der Waals surface area contributed by atoms with Gasteiger partial charge in [-0.25, -0.2) is 0 Å². The van der Waals surface area contributed by atoms with Gasteiger partial charge in [0.25, 0.3) is 0 Å². The summed E-state index contributed by atoms with van der Waals surface area (Å²) in [5.74, 6) is -0.0983. The first kappa shape index (κ1) is 28.7. The number of benzene rings is 1. The number of hydrogen-bond acceptors (Lipinski definition) is 4. The molecule has 1 heterocycles. The van der Waals surface area contributed by atoms with Crippen molar-refractivity contribution in [3.8, 4) is 5.75 Å². The minimum absolute atomic E-state index is 0.0387. The smallest absolute Gasteiger partial charge is 0.313 e. The number of esters is 1. The van der Waals surface area contributed by atoms with Gasteiger partial charge < -0.3 is 9.84 Å². The Kier molecular flexibility index (Phi) is 8.30. The highest BCUT2D eigenvalue weighted by atomic mass is 16.5. The molecular weight excluding hydrogens is 422 g/mol. The summed E-state index contributed by atoms with van der Waals surface area (Å²) < 4.78 is 6.28. The van der Waals surface area contributed by atoms with Gasteiger partial charge in [0, 0.05) is 23.9 Å². The molecule has 4 nitrogen and oxygen atoms in total. The number of ether oxygens (including phenoxy) is 1. The van der Waals surface area contributed by atoms with Crippen molar-refractivity contribution in [3.05, 3.63) is 28.8 Å². The number of phenols is 1. The first-order valence-corrected chi connectivity index (χ1v) is 13.1. The lowest BCUT2D eigenvalue weighted by molar-refractivity contribution is -0.161. The predicted molar refractivity (Wildman–Crippen MR) is 143 cm³/mol. The van der Waals surface area contributed by atoms with Crippen LogP contribution in [0.3, 0.4) is 0 Å². The van der Waals surface area contributed by atoms with Crippen LogP contribution in [0.4, 0.5) is 0 Å². The Balaban J connectivity index is 2.49. The number of piperidine rings is 1. The Morgan fingerprint density at radius 1 is 1.03 bits per heavy atom. The van der Waals surface area contributed by atoms with Gasteiger partial charge in [0.05, 0.1) is 5.92 Å². The maximum atomic E-state index is 13.7. The third-order valence-electron chi connectivity index (χ3n) is 7.83. The molecule has 0 radical (unpaired) electrons. The number of aromatic hydroxyl groups is 1. The van der Waals surface area contributed by atoms with Crippen molar-refractivity contribution in [3.63, 3.8) is 0 Å². The fraction of sp³-hybridized carbons (Fsp3) is 0.767. The largest absolute Gasteiger partial charge is 0.507 e. The highest BCUT2D eigenvalue weighted by Gasteiger charge is 2.45. The molecule has 1 aliphatic rings. The molecule has 0 aromatic heterocycles. The van der Waals surface area contributed by atoms with E-state index in [1.165, 1.54) is 0 Å². The molecule has 1 fully saturated rings. The Morgan fingerprint density at radius 2 is 1.47 bits per heavy atom. The van der Waals surface area contributed by atoms with E-state index < -0.39 is 0 Å². The molecule has 4 heteroatoms. The van der Waals surface area contributed by atoms with E-state index in [-0.39, 0.29) is 39.9 Å². The summed E-state index contributed by atoms with van der Waals surface area (Å²) in [5.41, 5.74) is 2.21. The summed E-state index contributed by atoms with van der Waals surface area (Å²) in [6.45, 7) is 23.7. The zero-order valence-corrected chi connectivity index (χ0v) is 24.1. The number of likely N-dealkylation sites (tertiary alicyclic amines) is 1. The highest BCUT2D eigenvalue weighted by molar-refractivity contribution is 5.79. The summed E-state index contributed by atoms with van der Waals surface area (Å²) in [6, 6.07) is 4.10. The Bertz CT molecular complexity index is 817. The maximum absolute atomic E-state index is 13.7. The van der Waals surface area contributed by atoms with E-state index in [0.29, 0.717) is 5.75 Å². The van der Waals surface area contributed by atoms with Crippen molar-refractivity contribution in [1.82, 2.24) is 4.90 Å². The standard InChI is InChI=1S/C30H51NO3/c1-13-14-15-22(26(33)34-21-18-29(8,9)31(12)30(10,11)19-21)20-16-23(27(2,3)4)25(32)24(17-20)28(5,6)7/h16-17,21-22,32H,13-15,18-19H2,1-12H3. The quantitative estimate of drug-likeness (QED) is 0.436. The number of hydrogen-bond donors (Lipinski definition) is 1. The van der Waals surface area contributed by atoms with Crippen molar-refractivity contribution in [2.75, 3.05) is 7.05 Å². The lowest BCUT2D eigenvalue weighted by atomic mass is 9.76. The van der Waals surface area contributed by atoms with E-state index in [0.717, 1.165) is 48.8 Å². The second kappa shape index (κ2) is 9.84. The maximum Gasteiger partial charge on any atom is 0.313 e.